The van der Waals surface area contributed by atoms with E-state index in [-0.39, 0.29) is 5.91 Å². The molecule has 3 aromatic rings. The number of nitrogens with zero attached hydrogens (tertiary/aromatic N) is 4. The van der Waals surface area contributed by atoms with Gasteiger partial charge in [0.25, 0.3) is 5.91 Å². The number of aromatic nitrogens is 2. The Bertz CT molecular complexity index is 987. The standard InChI is InChI=1S/C21H22N4O2/c1-14-8-10-16(11-9-14)27-15(2)21(26)25-13-12-24(3)19-20(25)23-18-7-5-4-6-17(18)22-19/h4-11,15H,12-13H2,1-3H3. The number of carbonyl (C=O) groups excluding carboxylic acids is 1. The lowest BCUT2D eigenvalue weighted by atomic mass is 10.2. The zero-order valence-corrected chi connectivity index (χ0v) is 15.7. The van der Waals surface area contributed by atoms with Crippen LogP contribution in [0.2, 0.25) is 0 Å². The number of amides is 1. The van der Waals surface area contributed by atoms with Crippen molar-refractivity contribution in [1.82, 2.24) is 9.97 Å². The molecular weight excluding hydrogens is 340 g/mol. The lowest BCUT2D eigenvalue weighted by Crippen LogP contribution is -2.48. The maximum atomic E-state index is 13.1. The fourth-order valence-corrected chi connectivity index (χ4v) is 3.19. The van der Waals surface area contributed by atoms with Crippen LogP contribution in [0.25, 0.3) is 11.0 Å². The highest BCUT2D eigenvalue weighted by Crippen LogP contribution is 2.31. The molecule has 4 rings (SSSR count). The summed E-state index contributed by atoms with van der Waals surface area (Å²) >= 11 is 0. The van der Waals surface area contributed by atoms with Gasteiger partial charge in [-0.15, -0.1) is 0 Å². The number of likely N-dealkylation sites (N-methyl/N-ethyl adjacent to an activating group) is 1. The van der Waals surface area contributed by atoms with E-state index >= 15 is 0 Å². The average Bonchev–Trinajstić information content (AvgIpc) is 2.68. The summed E-state index contributed by atoms with van der Waals surface area (Å²) in [4.78, 5) is 26.2. The van der Waals surface area contributed by atoms with Gasteiger partial charge in [0.15, 0.2) is 17.7 Å². The Morgan fingerprint density at radius 2 is 1.63 bits per heavy atom. The van der Waals surface area contributed by atoms with Crippen LogP contribution in [-0.2, 0) is 4.79 Å². The monoisotopic (exact) mass is 362 g/mol. The number of hydrogen-bond donors (Lipinski definition) is 0. The molecule has 0 saturated heterocycles. The van der Waals surface area contributed by atoms with Gasteiger partial charge in [-0.05, 0) is 38.1 Å². The summed E-state index contributed by atoms with van der Waals surface area (Å²) in [5.41, 5.74) is 2.74. The van der Waals surface area contributed by atoms with Gasteiger partial charge in [-0.25, -0.2) is 9.97 Å². The first-order chi connectivity index (χ1) is 13.0. The smallest absolute Gasteiger partial charge is 0.269 e. The second kappa shape index (κ2) is 6.87. The SMILES string of the molecule is Cc1ccc(OC(C)C(=O)N2CCN(C)c3nc4ccccc4nc32)cc1. The molecule has 138 valence electrons. The van der Waals surface area contributed by atoms with E-state index in [0.717, 1.165) is 22.4 Å². The van der Waals surface area contributed by atoms with E-state index in [1.807, 2.05) is 67.4 Å². The van der Waals surface area contributed by atoms with Gasteiger partial charge in [0.1, 0.15) is 5.75 Å². The largest absolute Gasteiger partial charge is 0.481 e. The first kappa shape index (κ1) is 17.3. The summed E-state index contributed by atoms with van der Waals surface area (Å²) in [6.45, 7) is 5.04. The predicted molar refractivity (Wildman–Crippen MR) is 106 cm³/mol. The number of para-hydroxylation sites is 2. The fraction of sp³-hybridized carbons (Fsp3) is 0.286. The number of carbonyl (C=O) groups is 1. The topological polar surface area (TPSA) is 58.6 Å². The van der Waals surface area contributed by atoms with Crippen molar-refractivity contribution in [3.05, 3.63) is 54.1 Å². The molecule has 1 aromatic heterocycles. The van der Waals surface area contributed by atoms with Crippen LogP contribution in [0, 0.1) is 6.92 Å². The number of anilines is 2. The molecule has 1 atom stereocenters. The Morgan fingerprint density at radius 3 is 2.30 bits per heavy atom. The molecule has 2 aromatic carbocycles. The minimum atomic E-state index is -0.614. The Labute approximate surface area is 158 Å². The van der Waals surface area contributed by atoms with E-state index in [4.69, 9.17) is 14.7 Å². The van der Waals surface area contributed by atoms with Crippen LogP contribution >= 0.6 is 0 Å². The molecule has 0 spiro atoms. The molecule has 1 amide bonds. The lowest BCUT2D eigenvalue weighted by molar-refractivity contribution is -0.124. The van der Waals surface area contributed by atoms with Crippen molar-refractivity contribution in [2.24, 2.45) is 0 Å². The molecule has 6 nitrogen and oxygen atoms in total. The zero-order valence-electron chi connectivity index (χ0n) is 15.7. The van der Waals surface area contributed by atoms with Gasteiger partial charge in [0, 0.05) is 20.1 Å². The van der Waals surface area contributed by atoms with Crippen molar-refractivity contribution in [3.63, 3.8) is 0 Å². The van der Waals surface area contributed by atoms with Crippen LogP contribution < -0.4 is 14.5 Å². The maximum absolute atomic E-state index is 13.1. The maximum Gasteiger partial charge on any atom is 0.269 e. The summed E-state index contributed by atoms with van der Waals surface area (Å²) in [6.07, 6.45) is -0.614. The van der Waals surface area contributed by atoms with Crippen molar-refractivity contribution in [3.8, 4) is 5.75 Å². The van der Waals surface area contributed by atoms with E-state index < -0.39 is 6.10 Å². The van der Waals surface area contributed by atoms with Crippen molar-refractivity contribution in [1.29, 1.82) is 0 Å². The molecule has 0 saturated carbocycles. The van der Waals surface area contributed by atoms with E-state index in [2.05, 4.69) is 0 Å². The fourth-order valence-electron chi connectivity index (χ4n) is 3.19. The number of fused-ring (bicyclic) bond motifs is 2. The van der Waals surface area contributed by atoms with Crippen LogP contribution in [0.5, 0.6) is 5.75 Å². The number of rotatable bonds is 3. The van der Waals surface area contributed by atoms with Gasteiger partial charge >= 0.3 is 0 Å². The minimum Gasteiger partial charge on any atom is -0.481 e. The van der Waals surface area contributed by atoms with Gasteiger partial charge in [0.2, 0.25) is 0 Å². The zero-order chi connectivity index (χ0) is 19.0. The van der Waals surface area contributed by atoms with Gasteiger partial charge in [-0.2, -0.15) is 0 Å². The Kier molecular flexibility index (Phi) is 4.39. The van der Waals surface area contributed by atoms with Crippen LogP contribution in [0.4, 0.5) is 11.6 Å². The summed E-state index contributed by atoms with van der Waals surface area (Å²) < 4.78 is 5.86. The molecule has 1 aliphatic rings. The van der Waals surface area contributed by atoms with E-state index in [1.54, 1.807) is 11.8 Å². The Balaban J connectivity index is 1.64. The van der Waals surface area contributed by atoms with E-state index in [0.29, 0.717) is 24.7 Å². The summed E-state index contributed by atoms with van der Waals surface area (Å²) in [5, 5.41) is 0. The highest BCUT2D eigenvalue weighted by atomic mass is 16.5. The number of ether oxygens (including phenoxy) is 1. The summed E-state index contributed by atoms with van der Waals surface area (Å²) in [5.74, 6) is 1.87. The highest BCUT2D eigenvalue weighted by Gasteiger charge is 2.31. The van der Waals surface area contributed by atoms with Crippen molar-refractivity contribution in [2.75, 3.05) is 29.9 Å². The van der Waals surface area contributed by atoms with Crippen LogP contribution in [0.15, 0.2) is 48.5 Å². The van der Waals surface area contributed by atoms with Gasteiger partial charge in [-0.3, -0.25) is 9.69 Å². The number of aryl methyl sites for hydroxylation is 1. The molecule has 1 aliphatic heterocycles. The number of hydrogen-bond acceptors (Lipinski definition) is 5. The van der Waals surface area contributed by atoms with E-state index in [1.165, 1.54) is 0 Å². The molecule has 0 bridgehead atoms. The Hall–Kier alpha value is -3.15. The third-order valence-electron chi connectivity index (χ3n) is 4.76. The molecule has 2 heterocycles. The summed E-state index contributed by atoms with van der Waals surface area (Å²) in [7, 11) is 1.97. The molecule has 1 unspecified atom stereocenters. The second-order valence-electron chi connectivity index (χ2n) is 6.84. The lowest BCUT2D eigenvalue weighted by Gasteiger charge is -2.34. The Morgan fingerprint density at radius 1 is 1.00 bits per heavy atom. The van der Waals surface area contributed by atoms with Crippen molar-refractivity contribution in [2.45, 2.75) is 20.0 Å². The average molecular weight is 362 g/mol. The van der Waals surface area contributed by atoms with Crippen LogP contribution in [0.1, 0.15) is 12.5 Å². The first-order valence-corrected chi connectivity index (χ1v) is 9.05. The number of benzene rings is 2. The molecule has 0 radical (unpaired) electrons. The molecule has 27 heavy (non-hydrogen) atoms. The quantitative estimate of drug-likeness (QED) is 0.716. The predicted octanol–water partition coefficient (Wildman–Crippen LogP) is 3.19. The van der Waals surface area contributed by atoms with Crippen LogP contribution in [-0.4, -0.2) is 42.1 Å². The third-order valence-corrected chi connectivity index (χ3v) is 4.76. The second-order valence-corrected chi connectivity index (χ2v) is 6.84. The summed E-state index contributed by atoms with van der Waals surface area (Å²) in [6, 6.07) is 15.4. The van der Waals surface area contributed by atoms with Crippen molar-refractivity contribution < 1.29 is 9.53 Å². The third kappa shape index (κ3) is 3.30. The van der Waals surface area contributed by atoms with Gasteiger partial charge in [0.05, 0.1) is 11.0 Å². The van der Waals surface area contributed by atoms with Gasteiger partial charge < -0.3 is 9.64 Å². The van der Waals surface area contributed by atoms with Crippen LogP contribution in [0.3, 0.4) is 0 Å². The molecule has 0 N–H and O–H groups in total. The molecule has 0 fully saturated rings. The highest BCUT2D eigenvalue weighted by molar-refractivity contribution is 5.99. The minimum absolute atomic E-state index is 0.116. The molecule has 0 aliphatic carbocycles. The normalized spacial score (nSPS) is 14.8. The van der Waals surface area contributed by atoms with E-state index in [9.17, 15) is 4.79 Å². The van der Waals surface area contributed by atoms with Crippen molar-refractivity contribution >= 4 is 28.6 Å². The van der Waals surface area contributed by atoms with Gasteiger partial charge in [-0.1, -0.05) is 29.8 Å². The first-order valence-electron chi connectivity index (χ1n) is 9.05. The molecule has 6 heteroatoms. The molecular formula is C21H22N4O2.